The summed E-state index contributed by atoms with van der Waals surface area (Å²) < 4.78 is 8.76. The van der Waals surface area contributed by atoms with E-state index in [1.54, 1.807) is 6.92 Å². The lowest BCUT2D eigenvalue weighted by Gasteiger charge is -2.12. The Kier molecular flexibility index (Phi) is 4.83. The lowest BCUT2D eigenvalue weighted by atomic mass is 10.1. The highest BCUT2D eigenvalue weighted by Gasteiger charge is 2.14. The maximum Gasteiger partial charge on any atom is 0.163 e. The largest absolute Gasteiger partial charge is 0.486 e. The maximum atomic E-state index is 11.7. The normalized spacial score (nSPS) is 10.7. The van der Waals surface area contributed by atoms with Crippen LogP contribution in [0.3, 0.4) is 0 Å². The molecule has 4 nitrogen and oxygen atoms in total. The standard InChI is InChI=1S/C16H19BrN2O2/c1-5-19-14(16(17)11(3)18-19)9-21-15-8-10(2)6-7-13(15)12(4)20/h6-8H,5,9H2,1-4H3. The van der Waals surface area contributed by atoms with E-state index in [1.165, 1.54) is 0 Å². The Hall–Kier alpha value is -1.62. The summed E-state index contributed by atoms with van der Waals surface area (Å²) in [5.41, 5.74) is 3.59. The third-order valence-corrected chi connectivity index (χ3v) is 4.37. The van der Waals surface area contributed by atoms with Crippen molar-refractivity contribution in [2.24, 2.45) is 0 Å². The number of Topliss-reactive ketones (excluding diaryl/α,β-unsaturated/α-hetero) is 1. The number of halogens is 1. The van der Waals surface area contributed by atoms with Crippen LogP contribution in [0, 0.1) is 13.8 Å². The SMILES string of the molecule is CCn1nc(C)c(Br)c1COc1cc(C)ccc1C(C)=O. The fourth-order valence-corrected chi connectivity index (χ4v) is 2.59. The molecule has 2 rings (SSSR count). The minimum absolute atomic E-state index is 0.00393. The summed E-state index contributed by atoms with van der Waals surface area (Å²) in [4.78, 5) is 11.7. The first kappa shape index (κ1) is 15.8. The van der Waals surface area contributed by atoms with Crippen molar-refractivity contribution in [3.05, 3.63) is 45.2 Å². The third kappa shape index (κ3) is 3.35. The number of carbonyl (C=O) groups excluding carboxylic acids is 1. The molecule has 0 amide bonds. The molecule has 0 saturated heterocycles. The van der Waals surface area contributed by atoms with Gasteiger partial charge in [0.1, 0.15) is 12.4 Å². The van der Waals surface area contributed by atoms with Gasteiger partial charge >= 0.3 is 0 Å². The van der Waals surface area contributed by atoms with Crippen molar-refractivity contribution >= 4 is 21.7 Å². The Labute approximate surface area is 133 Å². The van der Waals surface area contributed by atoms with Crippen molar-refractivity contribution in [2.75, 3.05) is 0 Å². The van der Waals surface area contributed by atoms with E-state index in [1.807, 2.05) is 43.7 Å². The van der Waals surface area contributed by atoms with Gasteiger partial charge < -0.3 is 4.74 Å². The topological polar surface area (TPSA) is 44.1 Å². The Bertz CT molecular complexity index is 677. The molecule has 2 aromatic rings. The minimum atomic E-state index is 0.00393. The van der Waals surface area contributed by atoms with Gasteiger partial charge in [-0.25, -0.2) is 0 Å². The van der Waals surface area contributed by atoms with E-state index in [0.29, 0.717) is 17.9 Å². The molecule has 0 radical (unpaired) electrons. The second-order valence-corrected chi connectivity index (χ2v) is 5.80. The van der Waals surface area contributed by atoms with Gasteiger partial charge in [0.25, 0.3) is 0 Å². The van der Waals surface area contributed by atoms with E-state index in [-0.39, 0.29) is 5.78 Å². The molecule has 5 heteroatoms. The Balaban J connectivity index is 2.28. The first-order valence-electron chi connectivity index (χ1n) is 6.90. The quantitative estimate of drug-likeness (QED) is 0.763. The summed E-state index contributed by atoms with van der Waals surface area (Å²) in [6.45, 7) is 8.67. The van der Waals surface area contributed by atoms with Crippen LogP contribution in [0.15, 0.2) is 22.7 Å². The number of rotatable bonds is 5. The average molecular weight is 351 g/mol. The Morgan fingerprint density at radius 3 is 2.71 bits per heavy atom. The van der Waals surface area contributed by atoms with E-state index in [9.17, 15) is 4.79 Å². The zero-order valence-corrected chi connectivity index (χ0v) is 14.3. The number of hydrogen-bond acceptors (Lipinski definition) is 3. The fourth-order valence-electron chi connectivity index (χ4n) is 2.19. The van der Waals surface area contributed by atoms with Crippen LogP contribution >= 0.6 is 15.9 Å². The van der Waals surface area contributed by atoms with Crippen molar-refractivity contribution < 1.29 is 9.53 Å². The van der Waals surface area contributed by atoms with Crippen LogP contribution < -0.4 is 4.74 Å². The van der Waals surface area contributed by atoms with Gasteiger partial charge in [0.2, 0.25) is 0 Å². The lowest BCUT2D eigenvalue weighted by molar-refractivity contribution is 0.101. The molecule has 0 unspecified atom stereocenters. The second kappa shape index (κ2) is 6.43. The Morgan fingerprint density at radius 2 is 2.10 bits per heavy atom. The molecule has 0 aliphatic heterocycles. The van der Waals surface area contributed by atoms with Gasteiger partial charge in [-0.2, -0.15) is 5.10 Å². The summed E-state index contributed by atoms with van der Waals surface area (Å²) in [5.74, 6) is 0.625. The number of aromatic nitrogens is 2. The molecule has 1 aromatic heterocycles. The highest BCUT2D eigenvalue weighted by atomic mass is 79.9. The predicted molar refractivity (Wildman–Crippen MR) is 85.9 cm³/mol. The number of hydrogen-bond donors (Lipinski definition) is 0. The highest BCUT2D eigenvalue weighted by molar-refractivity contribution is 9.10. The number of carbonyl (C=O) groups is 1. The molecule has 0 N–H and O–H groups in total. The van der Waals surface area contributed by atoms with Crippen LogP contribution in [0.25, 0.3) is 0 Å². The van der Waals surface area contributed by atoms with Gasteiger partial charge in [0.15, 0.2) is 5.78 Å². The lowest BCUT2D eigenvalue weighted by Crippen LogP contribution is -2.08. The minimum Gasteiger partial charge on any atom is -0.486 e. The second-order valence-electron chi connectivity index (χ2n) is 5.01. The maximum absolute atomic E-state index is 11.7. The first-order valence-corrected chi connectivity index (χ1v) is 7.69. The molecular weight excluding hydrogens is 332 g/mol. The summed E-state index contributed by atoms with van der Waals surface area (Å²) in [5, 5.41) is 4.44. The van der Waals surface area contributed by atoms with Crippen LogP contribution in [-0.2, 0) is 13.2 Å². The van der Waals surface area contributed by atoms with E-state index >= 15 is 0 Å². The summed E-state index contributed by atoms with van der Waals surface area (Å²) in [7, 11) is 0. The molecule has 0 saturated carbocycles. The molecule has 1 aromatic carbocycles. The number of nitrogens with zero attached hydrogens (tertiary/aromatic N) is 2. The number of aryl methyl sites for hydroxylation is 3. The third-order valence-electron chi connectivity index (χ3n) is 3.33. The van der Waals surface area contributed by atoms with Gasteiger partial charge in [0, 0.05) is 6.54 Å². The summed E-state index contributed by atoms with van der Waals surface area (Å²) in [6.07, 6.45) is 0. The van der Waals surface area contributed by atoms with Crippen LogP contribution in [0.1, 0.15) is 41.2 Å². The molecule has 1 heterocycles. The van der Waals surface area contributed by atoms with Gasteiger partial charge in [-0.1, -0.05) is 6.07 Å². The first-order chi connectivity index (χ1) is 9.93. The van der Waals surface area contributed by atoms with Crippen LogP contribution in [-0.4, -0.2) is 15.6 Å². The average Bonchev–Trinajstić information content (AvgIpc) is 2.71. The van der Waals surface area contributed by atoms with Crippen molar-refractivity contribution in [3.63, 3.8) is 0 Å². The predicted octanol–water partition coefficient (Wildman–Crippen LogP) is 4.06. The Morgan fingerprint density at radius 1 is 1.38 bits per heavy atom. The molecule has 112 valence electrons. The van der Waals surface area contributed by atoms with Crippen molar-refractivity contribution in [1.29, 1.82) is 0 Å². The molecule has 0 aliphatic carbocycles. The molecule has 0 aliphatic rings. The number of ether oxygens (including phenoxy) is 1. The smallest absolute Gasteiger partial charge is 0.163 e. The molecular formula is C16H19BrN2O2. The van der Waals surface area contributed by atoms with Crippen molar-refractivity contribution in [3.8, 4) is 5.75 Å². The van der Waals surface area contributed by atoms with E-state index in [4.69, 9.17) is 4.74 Å². The zero-order valence-electron chi connectivity index (χ0n) is 12.7. The summed E-state index contributed by atoms with van der Waals surface area (Å²) in [6, 6.07) is 5.62. The van der Waals surface area contributed by atoms with E-state index in [2.05, 4.69) is 21.0 Å². The highest BCUT2D eigenvalue weighted by Crippen LogP contribution is 2.25. The van der Waals surface area contributed by atoms with E-state index < -0.39 is 0 Å². The summed E-state index contributed by atoms with van der Waals surface area (Å²) >= 11 is 3.55. The van der Waals surface area contributed by atoms with Crippen LogP contribution in [0.2, 0.25) is 0 Å². The number of benzene rings is 1. The van der Waals surface area contributed by atoms with E-state index in [0.717, 1.165) is 28.0 Å². The van der Waals surface area contributed by atoms with Crippen LogP contribution in [0.4, 0.5) is 0 Å². The van der Waals surface area contributed by atoms with Crippen molar-refractivity contribution in [1.82, 2.24) is 9.78 Å². The van der Waals surface area contributed by atoms with Gasteiger partial charge in [-0.15, -0.1) is 0 Å². The molecule has 0 spiro atoms. The van der Waals surface area contributed by atoms with Crippen LogP contribution in [0.5, 0.6) is 5.75 Å². The fraction of sp³-hybridized carbons (Fsp3) is 0.375. The monoisotopic (exact) mass is 350 g/mol. The van der Waals surface area contributed by atoms with Gasteiger partial charge in [0.05, 0.1) is 21.4 Å². The molecule has 0 atom stereocenters. The zero-order chi connectivity index (χ0) is 15.6. The van der Waals surface area contributed by atoms with Gasteiger partial charge in [-0.05, 0) is 61.3 Å². The molecule has 0 bridgehead atoms. The van der Waals surface area contributed by atoms with Crippen molar-refractivity contribution in [2.45, 2.75) is 40.8 Å². The number of ketones is 1. The molecule has 21 heavy (non-hydrogen) atoms. The molecule has 0 fully saturated rings. The van der Waals surface area contributed by atoms with Gasteiger partial charge in [-0.3, -0.25) is 9.48 Å².